The Kier molecular flexibility index (Phi) is 5.41. The van der Waals surface area contributed by atoms with Crippen LogP contribution in [0.1, 0.15) is 34.3 Å². The van der Waals surface area contributed by atoms with Gasteiger partial charge in [0.2, 0.25) is 5.91 Å². The van der Waals surface area contributed by atoms with Crippen molar-refractivity contribution in [3.8, 4) is 11.1 Å². The molecule has 7 nitrogen and oxygen atoms in total. The van der Waals surface area contributed by atoms with E-state index in [2.05, 4.69) is 10.6 Å². The lowest BCUT2D eigenvalue weighted by Crippen LogP contribution is -2.19. The van der Waals surface area contributed by atoms with Gasteiger partial charge in [0.15, 0.2) is 0 Å². The van der Waals surface area contributed by atoms with Gasteiger partial charge in [-0.15, -0.1) is 0 Å². The molecule has 0 unspecified atom stereocenters. The average Bonchev–Trinajstić information content (AvgIpc) is 3.06. The van der Waals surface area contributed by atoms with Crippen LogP contribution in [0.3, 0.4) is 0 Å². The van der Waals surface area contributed by atoms with E-state index in [4.69, 9.17) is 4.74 Å². The van der Waals surface area contributed by atoms with E-state index in [1.165, 1.54) is 25.1 Å². The van der Waals surface area contributed by atoms with E-state index in [9.17, 15) is 19.5 Å². The molecule has 3 N–H and O–H groups in total. The third-order valence-electron chi connectivity index (χ3n) is 5.15. The Morgan fingerprint density at radius 3 is 2.10 bits per heavy atom. The molecule has 0 aromatic heterocycles. The van der Waals surface area contributed by atoms with Gasteiger partial charge in [-0.1, -0.05) is 48.5 Å². The van der Waals surface area contributed by atoms with Gasteiger partial charge in [0.05, 0.1) is 11.3 Å². The van der Waals surface area contributed by atoms with E-state index in [1.54, 1.807) is 0 Å². The standard InChI is InChI=1S/C24H20N2O5/c1-14(27)25-15-10-11-22(20(12-15)23(28)29)26-24(30)31-13-21-18-8-4-2-6-16(18)17-7-3-5-9-19(17)21/h2-12,21H,13H2,1H3,(H,25,27)(H,26,30)(H,28,29). The van der Waals surface area contributed by atoms with Crippen molar-refractivity contribution in [2.45, 2.75) is 12.8 Å². The maximum Gasteiger partial charge on any atom is 0.411 e. The molecule has 0 saturated heterocycles. The van der Waals surface area contributed by atoms with Gasteiger partial charge in [-0.2, -0.15) is 0 Å². The maximum absolute atomic E-state index is 12.4. The maximum atomic E-state index is 12.4. The number of benzene rings is 3. The van der Waals surface area contributed by atoms with Crippen LogP contribution in [0.15, 0.2) is 66.7 Å². The number of hydrogen-bond donors (Lipinski definition) is 3. The van der Waals surface area contributed by atoms with Gasteiger partial charge < -0.3 is 15.2 Å². The van der Waals surface area contributed by atoms with E-state index in [0.717, 1.165) is 22.3 Å². The Labute approximate surface area is 178 Å². The number of rotatable bonds is 5. The molecule has 156 valence electrons. The SMILES string of the molecule is CC(=O)Nc1ccc(NC(=O)OCC2c3ccccc3-c3ccccc32)c(C(=O)O)c1. The molecular formula is C24H20N2O5. The van der Waals surface area contributed by atoms with Crippen molar-refractivity contribution in [2.75, 3.05) is 17.2 Å². The van der Waals surface area contributed by atoms with Gasteiger partial charge in [0.25, 0.3) is 0 Å². The lowest BCUT2D eigenvalue weighted by atomic mass is 9.98. The highest BCUT2D eigenvalue weighted by molar-refractivity contribution is 6.01. The first-order valence-corrected chi connectivity index (χ1v) is 9.71. The molecule has 1 aliphatic rings. The smallest absolute Gasteiger partial charge is 0.411 e. The monoisotopic (exact) mass is 416 g/mol. The number of aromatic carboxylic acids is 1. The van der Waals surface area contributed by atoms with Crippen molar-refractivity contribution < 1.29 is 24.2 Å². The van der Waals surface area contributed by atoms with Crippen molar-refractivity contribution >= 4 is 29.3 Å². The Hall–Kier alpha value is -4.13. The lowest BCUT2D eigenvalue weighted by Gasteiger charge is -2.15. The molecule has 0 bridgehead atoms. The van der Waals surface area contributed by atoms with Crippen molar-refractivity contribution in [3.63, 3.8) is 0 Å². The molecule has 2 amide bonds. The zero-order valence-corrected chi connectivity index (χ0v) is 16.7. The Balaban J connectivity index is 1.49. The van der Waals surface area contributed by atoms with Crippen LogP contribution in [0.4, 0.5) is 16.2 Å². The Morgan fingerprint density at radius 1 is 0.903 bits per heavy atom. The molecule has 0 saturated carbocycles. The summed E-state index contributed by atoms with van der Waals surface area (Å²) in [5, 5.41) is 14.5. The number of ether oxygens (including phenoxy) is 1. The number of anilines is 2. The average molecular weight is 416 g/mol. The molecule has 3 aromatic rings. The second kappa shape index (κ2) is 8.31. The predicted octanol–water partition coefficient (Wildman–Crippen LogP) is 4.70. The second-order valence-corrected chi connectivity index (χ2v) is 7.20. The molecule has 0 heterocycles. The third kappa shape index (κ3) is 4.11. The summed E-state index contributed by atoms with van der Waals surface area (Å²) in [6, 6.07) is 20.2. The second-order valence-electron chi connectivity index (χ2n) is 7.20. The summed E-state index contributed by atoms with van der Waals surface area (Å²) in [6.45, 7) is 1.44. The Morgan fingerprint density at radius 2 is 1.52 bits per heavy atom. The number of fused-ring (bicyclic) bond motifs is 3. The largest absolute Gasteiger partial charge is 0.478 e. The van der Waals surface area contributed by atoms with Crippen molar-refractivity contribution in [1.82, 2.24) is 0 Å². The molecule has 31 heavy (non-hydrogen) atoms. The molecule has 0 radical (unpaired) electrons. The summed E-state index contributed by atoms with van der Waals surface area (Å²) < 4.78 is 5.46. The molecule has 4 rings (SSSR count). The summed E-state index contributed by atoms with van der Waals surface area (Å²) in [5.41, 5.74) is 4.66. The van der Waals surface area contributed by atoms with Gasteiger partial charge in [-0.05, 0) is 40.5 Å². The highest BCUT2D eigenvalue weighted by Gasteiger charge is 2.29. The van der Waals surface area contributed by atoms with Crippen molar-refractivity contribution in [2.24, 2.45) is 0 Å². The van der Waals surface area contributed by atoms with Crippen LogP contribution < -0.4 is 10.6 Å². The minimum absolute atomic E-state index is 0.0822. The first-order valence-electron chi connectivity index (χ1n) is 9.71. The summed E-state index contributed by atoms with van der Waals surface area (Å²) in [6.07, 6.45) is -0.753. The summed E-state index contributed by atoms with van der Waals surface area (Å²) >= 11 is 0. The highest BCUT2D eigenvalue weighted by Crippen LogP contribution is 2.44. The zero-order valence-electron chi connectivity index (χ0n) is 16.7. The van der Waals surface area contributed by atoms with E-state index in [0.29, 0.717) is 5.69 Å². The fourth-order valence-electron chi connectivity index (χ4n) is 3.86. The van der Waals surface area contributed by atoms with Gasteiger partial charge >= 0.3 is 12.1 Å². The molecule has 3 aromatic carbocycles. The number of carboxylic acid groups (broad SMARTS) is 1. The Bertz CT molecular complexity index is 1140. The third-order valence-corrected chi connectivity index (χ3v) is 5.15. The van der Waals surface area contributed by atoms with E-state index < -0.39 is 12.1 Å². The highest BCUT2D eigenvalue weighted by atomic mass is 16.5. The fraction of sp³-hybridized carbons (Fsp3) is 0.125. The quantitative estimate of drug-likeness (QED) is 0.559. The van der Waals surface area contributed by atoms with Crippen LogP contribution in [-0.4, -0.2) is 29.7 Å². The van der Waals surface area contributed by atoms with Crippen LogP contribution in [0, 0.1) is 0 Å². The van der Waals surface area contributed by atoms with Gasteiger partial charge in [-0.25, -0.2) is 9.59 Å². The number of carbonyl (C=O) groups is 3. The lowest BCUT2D eigenvalue weighted by molar-refractivity contribution is -0.114. The summed E-state index contributed by atoms with van der Waals surface area (Å²) in [7, 11) is 0. The topological polar surface area (TPSA) is 105 Å². The molecule has 0 atom stereocenters. The molecule has 0 fully saturated rings. The van der Waals surface area contributed by atoms with E-state index in [1.807, 2.05) is 48.5 Å². The number of carboxylic acids is 1. The van der Waals surface area contributed by atoms with Crippen molar-refractivity contribution in [1.29, 1.82) is 0 Å². The fourth-order valence-corrected chi connectivity index (χ4v) is 3.86. The number of carbonyl (C=O) groups excluding carboxylic acids is 2. The number of nitrogens with one attached hydrogen (secondary N) is 2. The molecule has 0 aliphatic heterocycles. The first-order chi connectivity index (χ1) is 14.9. The minimum Gasteiger partial charge on any atom is -0.478 e. The summed E-state index contributed by atoms with van der Waals surface area (Å²) in [5.74, 6) is -1.66. The zero-order chi connectivity index (χ0) is 22.0. The van der Waals surface area contributed by atoms with E-state index >= 15 is 0 Å². The van der Waals surface area contributed by atoms with Crippen LogP contribution in [-0.2, 0) is 9.53 Å². The van der Waals surface area contributed by atoms with Crippen LogP contribution in [0.2, 0.25) is 0 Å². The minimum atomic E-state index is -1.24. The normalized spacial score (nSPS) is 11.9. The van der Waals surface area contributed by atoms with Crippen LogP contribution >= 0.6 is 0 Å². The van der Waals surface area contributed by atoms with Crippen LogP contribution in [0.5, 0.6) is 0 Å². The van der Waals surface area contributed by atoms with Gasteiger partial charge in [0, 0.05) is 18.5 Å². The van der Waals surface area contributed by atoms with Gasteiger partial charge in [0.1, 0.15) is 6.61 Å². The molecule has 7 heteroatoms. The number of amides is 2. The van der Waals surface area contributed by atoms with Gasteiger partial charge in [-0.3, -0.25) is 10.1 Å². The molecule has 0 spiro atoms. The first kappa shape index (κ1) is 20.2. The summed E-state index contributed by atoms with van der Waals surface area (Å²) in [4.78, 5) is 35.2. The molecular weight excluding hydrogens is 396 g/mol. The van der Waals surface area contributed by atoms with E-state index in [-0.39, 0.29) is 29.7 Å². The van der Waals surface area contributed by atoms with Crippen molar-refractivity contribution in [3.05, 3.63) is 83.4 Å². The van der Waals surface area contributed by atoms with Crippen LogP contribution in [0.25, 0.3) is 11.1 Å². The predicted molar refractivity (Wildman–Crippen MR) is 116 cm³/mol. The number of hydrogen-bond acceptors (Lipinski definition) is 4. The molecule has 1 aliphatic carbocycles.